The minimum Gasteiger partial charge on any atom is -0.396 e. The van der Waals surface area contributed by atoms with E-state index in [9.17, 15) is 8.42 Å². The van der Waals surface area contributed by atoms with Crippen LogP contribution >= 0.6 is 11.8 Å². The minimum absolute atomic E-state index is 0.0685. The van der Waals surface area contributed by atoms with Crippen molar-refractivity contribution in [3.8, 4) is 0 Å². The van der Waals surface area contributed by atoms with E-state index in [0.29, 0.717) is 24.8 Å². The average Bonchev–Trinajstić information content (AvgIpc) is 2.94. The number of rotatable bonds is 7. The van der Waals surface area contributed by atoms with Gasteiger partial charge in [0.25, 0.3) is 0 Å². The van der Waals surface area contributed by atoms with Crippen LogP contribution in [0.15, 0.2) is 17.3 Å². The van der Waals surface area contributed by atoms with Gasteiger partial charge in [0.2, 0.25) is 10.0 Å². The van der Waals surface area contributed by atoms with E-state index in [2.05, 4.69) is 9.82 Å². The zero-order valence-electron chi connectivity index (χ0n) is 11.4. The molecule has 2 rings (SSSR count). The lowest BCUT2D eigenvalue weighted by Gasteiger charge is -2.21. The van der Waals surface area contributed by atoms with Crippen molar-refractivity contribution in [2.75, 3.05) is 18.9 Å². The molecular formula is C12H21N3O3S2. The first-order valence-electron chi connectivity index (χ1n) is 6.86. The lowest BCUT2D eigenvalue weighted by Crippen LogP contribution is -2.31. The maximum absolute atomic E-state index is 12.1. The third-order valence-corrected chi connectivity index (χ3v) is 6.02. The Morgan fingerprint density at radius 2 is 2.35 bits per heavy atom. The minimum atomic E-state index is -3.47. The number of aryl methyl sites for hydroxylation is 1. The molecule has 8 heteroatoms. The van der Waals surface area contributed by atoms with Crippen molar-refractivity contribution >= 4 is 21.8 Å². The van der Waals surface area contributed by atoms with Gasteiger partial charge in [0, 0.05) is 31.1 Å². The summed E-state index contributed by atoms with van der Waals surface area (Å²) >= 11 is 1.84. The van der Waals surface area contributed by atoms with Crippen molar-refractivity contribution < 1.29 is 13.5 Å². The summed E-state index contributed by atoms with van der Waals surface area (Å²) < 4.78 is 28.5. The predicted octanol–water partition coefficient (Wildman–Crippen LogP) is 0.829. The van der Waals surface area contributed by atoms with E-state index >= 15 is 0 Å². The molecule has 1 aliphatic rings. The van der Waals surface area contributed by atoms with Gasteiger partial charge in [-0.05, 0) is 25.0 Å². The molecule has 0 spiro atoms. The van der Waals surface area contributed by atoms with Crippen LogP contribution in [0.5, 0.6) is 0 Å². The fourth-order valence-electron chi connectivity index (χ4n) is 2.09. The second-order valence-electron chi connectivity index (χ2n) is 4.86. The number of hydrogen-bond donors (Lipinski definition) is 2. The van der Waals surface area contributed by atoms with Crippen LogP contribution < -0.4 is 4.72 Å². The van der Waals surface area contributed by atoms with Gasteiger partial charge < -0.3 is 5.11 Å². The molecule has 1 unspecified atom stereocenters. The van der Waals surface area contributed by atoms with E-state index in [-0.39, 0.29) is 11.5 Å². The second kappa shape index (κ2) is 7.44. The van der Waals surface area contributed by atoms with E-state index in [1.165, 1.54) is 25.2 Å². The van der Waals surface area contributed by atoms with E-state index < -0.39 is 10.0 Å². The largest absolute Gasteiger partial charge is 0.396 e. The maximum Gasteiger partial charge on any atom is 0.243 e. The van der Waals surface area contributed by atoms with Crippen molar-refractivity contribution in [3.05, 3.63) is 12.4 Å². The Hall–Kier alpha value is -0.570. The highest BCUT2D eigenvalue weighted by Crippen LogP contribution is 2.24. The van der Waals surface area contributed by atoms with Gasteiger partial charge >= 0.3 is 0 Å². The van der Waals surface area contributed by atoms with Crippen LogP contribution in [0.4, 0.5) is 0 Å². The molecule has 1 atom stereocenters. The molecule has 0 bridgehead atoms. The molecule has 2 heterocycles. The Labute approximate surface area is 124 Å². The maximum atomic E-state index is 12.1. The Morgan fingerprint density at radius 1 is 1.50 bits per heavy atom. The number of aliphatic hydroxyl groups excluding tert-OH is 1. The molecule has 0 saturated carbocycles. The molecule has 0 aliphatic carbocycles. The standard InChI is InChI=1S/C12H21N3O3S2/c16-6-3-5-15-10-12(9-13-15)20(17,18)14-8-11-4-1-2-7-19-11/h9-11,14,16H,1-8H2. The Kier molecular flexibility index (Phi) is 5.88. The average molecular weight is 319 g/mol. The summed E-state index contributed by atoms with van der Waals surface area (Å²) in [6.07, 6.45) is 6.90. The number of hydrogen-bond acceptors (Lipinski definition) is 5. The van der Waals surface area contributed by atoms with Gasteiger partial charge in [-0.3, -0.25) is 4.68 Å². The molecule has 2 N–H and O–H groups in total. The molecule has 1 aromatic rings. The molecule has 6 nitrogen and oxygen atoms in total. The van der Waals surface area contributed by atoms with Crippen LogP contribution in [0.3, 0.4) is 0 Å². The number of aromatic nitrogens is 2. The summed E-state index contributed by atoms with van der Waals surface area (Å²) in [5.41, 5.74) is 0. The molecule has 0 amide bonds. The molecule has 1 aliphatic heterocycles. The third-order valence-electron chi connectivity index (χ3n) is 3.24. The molecule has 1 aromatic heterocycles. The van der Waals surface area contributed by atoms with Gasteiger partial charge in [-0.2, -0.15) is 16.9 Å². The first kappa shape index (κ1) is 15.8. The van der Waals surface area contributed by atoms with E-state index in [1.807, 2.05) is 11.8 Å². The van der Waals surface area contributed by atoms with Gasteiger partial charge in [-0.1, -0.05) is 6.42 Å². The zero-order valence-corrected chi connectivity index (χ0v) is 13.0. The SMILES string of the molecule is O=S(=O)(NCC1CCCCS1)c1cnn(CCCO)c1. The first-order chi connectivity index (χ1) is 9.62. The van der Waals surface area contributed by atoms with Gasteiger partial charge in [0.05, 0.1) is 6.20 Å². The number of aliphatic hydroxyl groups is 1. The molecule has 0 radical (unpaired) electrons. The van der Waals surface area contributed by atoms with Crippen molar-refractivity contribution in [1.29, 1.82) is 0 Å². The van der Waals surface area contributed by atoms with Crippen LogP contribution in [0, 0.1) is 0 Å². The Bertz CT molecular complexity index is 510. The number of nitrogens with one attached hydrogen (secondary N) is 1. The highest BCUT2D eigenvalue weighted by molar-refractivity contribution is 8.00. The molecule has 1 fully saturated rings. The monoisotopic (exact) mass is 319 g/mol. The summed E-state index contributed by atoms with van der Waals surface area (Å²) in [7, 11) is -3.47. The highest BCUT2D eigenvalue weighted by Gasteiger charge is 2.20. The number of thioether (sulfide) groups is 1. The second-order valence-corrected chi connectivity index (χ2v) is 8.03. The first-order valence-corrected chi connectivity index (χ1v) is 9.39. The summed E-state index contributed by atoms with van der Waals surface area (Å²) in [5.74, 6) is 1.12. The van der Waals surface area contributed by atoms with Gasteiger partial charge in [-0.15, -0.1) is 0 Å². The van der Waals surface area contributed by atoms with Gasteiger partial charge in [0.1, 0.15) is 4.90 Å². The zero-order chi connectivity index (χ0) is 14.4. The van der Waals surface area contributed by atoms with E-state index in [0.717, 1.165) is 12.2 Å². The Morgan fingerprint density at radius 3 is 3.05 bits per heavy atom. The van der Waals surface area contributed by atoms with Crippen LogP contribution in [-0.4, -0.2) is 47.5 Å². The molecule has 1 saturated heterocycles. The van der Waals surface area contributed by atoms with Crippen molar-refractivity contribution in [1.82, 2.24) is 14.5 Å². The van der Waals surface area contributed by atoms with E-state index in [1.54, 1.807) is 4.68 Å². The van der Waals surface area contributed by atoms with Gasteiger partial charge in [0.15, 0.2) is 0 Å². The van der Waals surface area contributed by atoms with E-state index in [4.69, 9.17) is 5.11 Å². The highest BCUT2D eigenvalue weighted by atomic mass is 32.2. The summed E-state index contributed by atoms with van der Waals surface area (Å²) in [4.78, 5) is 0.191. The smallest absolute Gasteiger partial charge is 0.243 e. The third kappa shape index (κ3) is 4.47. The summed E-state index contributed by atoms with van der Waals surface area (Å²) in [5, 5.41) is 13.1. The number of nitrogens with zero attached hydrogens (tertiary/aromatic N) is 2. The molecule has 0 aromatic carbocycles. The topological polar surface area (TPSA) is 84.2 Å². The van der Waals surface area contributed by atoms with Crippen molar-refractivity contribution in [2.24, 2.45) is 0 Å². The van der Waals surface area contributed by atoms with Crippen LogP contribution in [0.2, 0.25) is 0 Å². The number of sulfonamides is 1. The normalized spacial score (nSPS) is 20.1. The molecular weight excluding hydrogens is 298 g/mol. The van der Waals surface area contributed by atoms with Crippen molar-refractivity contribution in [3.63, 3.8) is 0 Å². The molecule has 114 valence electrons. The summed E-state index contributed by atoms with van der Waals surface area (Å²) in [6, 6.07) is 0. The van der Waals surface area contributed by atoms with Gasteiger partial charge in [-0.25, -0.2) is 13.1 Å². The fraction of sp³-hybridized carbons (Fsp3) is 0.750. The fourth-order valence-corrected chi connectivity index (χ4v) is 4.47. The molecule has 20 heavy (non-hydrogen) atoms. The van der Waals surface area contributed by atoms with Crippen molar-refractivity contribution in [2.45, 2.75) is 42.4 Å². The Balaban J connectivity index is 1.90. The van der Waals surface area contributed by atoms with Crippen LogP contribution in [0.25, 0.3) is 0 Å². The lowest BCUT2D eigenvalue weighted by molar-refractivity contribution is 0.277. The lowest BCUT2D eigenvalue weighted by atomic mass is 10.2. The van der Waals surface area contributed by atoms with Crippen LogP contribution in [-0.2, 0) is 16.6 Å². The summed E-state index contributed by atoms with van der Waals surface area (Å²) in [6.45, 7) is 1.07. The predicted molar refractivity (Wildman–Crippen MR) is 79.2 cm³/mol. The van der Waals surface area contributed by atoms with Crippen LogP contribution in [0.1, 0.15) is 25.7 Å². The quantitative estimate of drug-likeness (QED) is 0.778.